The van der Waals surface area contributed by atoms with Crippen LogP contribution in [0, 0.1) is 11.8 Å². The average molecular weight is 321 g/mol. The van der Waals surface area contributed by atoms with Crippen LogP contribution in [0.4, 0.5) is 13.2 Å². The summed E-state index contributed by atoms with van der Waals surface area (Å²) in [6.45, 7) is 1.55. The fourth-order valence-electron chi connectivity index (χ4n) is 2.58. The van der Waals surface area contributed by atoms with Gasteiger partial charge in [0.2, 0.25) is 5.89 Å². The summed E-state index contributed by atoms with van der Waals surface area (Å²) in [5.41, 5.74) is 0. The quantitative estimate of drug-likeness (QED) is 0.864. The highest BCUT2D eigenvalue weighted by molar-refractivity contribution is 5.71. The van der Waals surface area contributed by atoms with Crippen molar-refractivity contribution < 1.29 is 27.6 Å². The van der Waals surface area contributed by atoms with E-state index < -0.39 is 24.0 Å². The molecule has 1 aromatic rings. The van der Waals surface area contributed by atoms with Gasteiger partial charge in [-0.3, -0.25) is 9.69 Å². The van der Waals surface area contributed by atoms with Crippen molar-refractivity contribution in [3.8, 4) is 0 Å². The molecular formula is C13H18F3N3O3. The number of halogens is 3. The van der Waals surface area contributed by atoms with Gasteiger partial charge < -0.3 is 9.63 Å². The topological polar surface area (TPSA) is 79.5 Å². The van der Waals surface area contributed by atoms with E-state index in [0.29, 0.717) is 12.3 Å². The number of carboxylic acid groups (broad SMARTS) is 1. The highest BCUT2D eigenvalue weighted by Crippen LogP contribution is 2.38. The maximum absolute atomic E-state index is 12.9. The summed E-state index contributed by atoms with van der Waals surface area (Å²) in [4.78, 5) is 16.5. The number of unbranched alkanes of at least 4 members (excludes halogenated alkanes) is 1. The number of likely N-dealkylation sites (tertiary alicyclic amines) is 1. The summed E-state index contributed by atoms with van der Waals surface area (Å²) >= 11 is 0. The second kappa shape index (κ2) is 6.64. The van der Waals surface area contributed by atoms with Crippen LogP contribution < -0.4 is 0 Å². The predicted molar refractivity (Wildman–Crippen MR) is 68.9 cm³/mol. The van der Waals surface area contributed by atoms with Gasteiger partial charge in [-0.05, 0) is 6.42 Å². The van der Waals surface area contributed by atoms with E-state index in [1.807, 2.05) is 6.92 Å². The third-order valence-corrected chi connectivity index (χ3v) is 3.75. The first-order valence-electron chi connectivity index (χ1n) is 7.14. The number of alkyl halides is 3. The van der Waals surface area contributed by atoms with Crippen LogP contribution in [0.5, 0.6) is 0 Å². The molecular weight excluding hydrogens is 303 g/mol. The first-order chi connectivity index (χ1) is 10.3. The Hall–Kier alpha value is -1.64. The highest BCUT2D eigenvalue weighted by Gasteiger charge is 2.52. The van der Waals surface area contributed by atoms with E-state index in [1.54, 1.807) is 0 Å². The molecule has 2 heterocycles. The first kappa shape index (κ1) is 16.7. The molecule has 6 nitrogen and oxygen atoms in total. The van der Waals surface area contributed by atoms with Crippen LogP contribution in [0.2, 0.25) is 0 Å². The summed E-state index contributed by atoms with van der Waals surface area (Å²) in [5.74, 6) is -4.00. The Bertz CT molecular complexity index is 518. The second-order valence-electron chi connectivity index (χ2n) is 5.49. The van der Waals surface area contributed by atoms with Crippen LogP contribution in [-0.2, 0) is 17.8 Å². The van der Waals surface area contributed by atoms with Crippen LogP contribution in [0.25, 0.3) is 0 Å². The van der Waals surface area contributed by atoms with Crippen LogP contribution >= 0.6 is 0 Å². The van der Waals surface area contributed by atoms with Gasteiger partial charge in [0.1, 0.15) is 0 Å². The third kappa shape index (κ3) is 3.96. The number of carboxylic acids is 1. The van der Waals surface area contributed by atoms with Crippen molar-refractivity contribution in [2.45, 2.75) is 38.9 Å². The first-order valence-corrected chi connectivity index (χ1v) is 7.14. The van der Waals surface area contributed by atoms with Crippen molar-refractivity contribution in [2.75, 3.05) is 13.1 Å². The van der Waals surface area contributed by atoms with Gasteiger partial charge in [-0.25, -0.2) is 0 Å². The van der Waals surface area contributed by atoms with Gasteiger partial charge in [0.15, 0.2) is 5.82 Å². The van der Waals surface area contributed by atoms with Crippen molar-refractivity contribution in [3.63, 3.8) is 0 Å². The van der Waals surface area contributed by atoms with Crippen molar-refractivity contribution in [2.24, 2.45) is 11.8 Å². The largest absolute Gasteiger partial charge is 0.481 e. The molecule has 1 saturated heterocycles. The zero-order chi connectivity index (χ0) is 16.3. The number of nitrogens with zero attached hydrogens (tertiary/aromatic N) is 3. The number of aromatic nitrogens is 2. The average Bonchev–Trinajstić information content (AvgIpc) is 3.03. The Balaban J connectivity index is 1.99. The minimum Gasteiger partial charge on any atom is -0.481 e. The predicted octanol–water partition coefficient (Wildman–Crippen LogP) is 2.11. The molecule has 124 valence electrons. The fraction of sp³-hybridized carbons (Fsp3) is 0.769. The normalized spacial score (nSPS) is 23.1. The lowest BCUT2D eigenvalue weighted by Crippen LogP contribution is -2.33. The van der Waals surface area contributed by atoms with E-state index in [1.165, 1.54) is 4.90 Å². The van der Waals surface area contributed by atoms with E-state index in [0.717, 1.165) is 12.8 Å². The highest BCUT2D eigenvalue weighted by atomic mass is 19.4. The molecule has 0 amide bonds. The number of aliphatic carboxylic acids is 1. The Labute approximate surface area is 125 Å². The molecule has 0 radical (unpaired) electrons. The second-order valence-corrected chi connectivity index (χ2v) is 5.49. The van der Waals surface area contributed by atoms with Gasteiger partial charge in [0.05, 0.1) is 18.4 Å². The Morgan fingerprint density at radius 1 is 1.45 bits per heavy atom. The van der Waals surface area contributed by atoms with E-state index >= 15 is 0 Å². The number of rotatable bonds is 6. The van der Waals surface area contributed by atoms with Gasteiger partial charge in [0.25, 0.3) is 0 Å². The van der Waals surface area contributed by atoms with Crippen molar-refractivity contribution in [1.82, 2.24) is 15.0 Å². The van der Waals surface area contributed by atoms with Crippen LogP contribution in [-0.4, -0.2) is 45.4 Å². The molecule has 0 bridgehead atoms. The number of hydrogen-bond donors (Lipinski definition) is 1. The van der Waals surface area contributed by atoms with Gasteiger partial charge in [-0.1, -0.05) is 18.5 Å². The van der Waals surface area contributed by atoms with Gasteiger partial charge in [0, 0.05) is 19.5 Å². The minimum absolute atomic E-state index is 0.0615. The Morgan fingerprint density at radius 2 is 2.18 bits per heavy atom. The third-order valence-electron chi connectivity index (χ3n) is 3.75. The van der Waals surface area contributed by atoms with Crippen molar-refractivity contribution >= 4 is 5.97 Å². The van der Waals surface area contributed by atoms with E-state index in [9.17, 15) is 18.0 Å². The van der Waals surface area contributed by atoms with E-state index in [-0.39, 0.29) is 25.5 Å². The zero-order valence-electron chi connectivity index (χ0n) is 12.1. The minimum atomic E-state index is -4.53. The van der Waals surface area contributed by atoms with Crippen LogP contribution in [0.3, 0.4) is 0 Å². The molecule has 0 aromatic carbocycles. The number of carbonyl (C=O) groups is 1. The van der Waals surface area contributed by atoms with Crippen LogP contribution in [0.1, 0.15) is 31.5 Å². The summed E-state index contributed by atoms with van der Waals surface area (Å²) < 4.78 is 43.7. The maximum Gasteiger partial charge on any atom is 0.393 e. The summed E-state index contributed by atoms with van der Waals surface area (Å²) in [6, 6.07) is 0. The van der Waals surface area contributed by atoms with Crippen LogP contribution in [0.15, 0.2) is 4.52 Å². The SMILES string of the molecule is CCCCc1nc(CN2C[C@@H](C(F)(F)F)[C@H](C(=O)O)C2)no1. The molecule has 2 rings (SSSR count). The number of aryl methyl sites for hydroxylation is 1. The zero-order valence-corrected chi connectivity index (χ0v) is 12.1. The molecule has 0 unspecified atom stereocenters. The lowest BCUT2D eigenvalue weighted by Gasteiger charge is -2.18. The van der Waals surface area contributed by atoms with Gasteiger partial charge in [-0.15, -0.1) is 0 Å². The Kier molecular flexibility index (Phi) is 5.05. The Morgan fingerprint density at radius 3 is 2.73 bits per heavy atom. The summed E-state index contributed by atoms with van der Waals surface area (Å²) in [6.07, 6.45) is -2.03. The molecule has 1 aromatic heterocycles. The van der Waals surface area contributed by atoms with E-state index in [2.05, 4.69) is 10.1 Å². The van der Waals surface area contributed by atoms with Gasteiger partial charge >= 0.3 is 12.1 Å². The molecule has 0 saturated carbocycles. The fourth-order valence-corrected chi connectivity index (χ4v) is 2.58. The van der Waals surface area contributed by atoms with Crippen molar-refractivity contribution in [1.29, 1.82) is 0 Å². The lowest BCUT2D eigenvalue weighted by molar-refractivity contribution is -0.188. The molecule has 9 heteroatoms. The molecule has 1 aliphatic heterocycles. The molecule has 0 spiro atoms. The molecule has 0 aliphatic carbocycles. The maximum atomic E-state index is 12.9. The molecule has 2 atom stereocenters. The molecule has 22 heavy (non-hydrogen) atoms. The molecule has 1 N–H and O–H groups in total. The lowest BCUT2D eigenvalue weighted by atomic mass is 9.96. The summed E-state index contributed by atoms with van der Waals surface area (Å²) in [7, 11) is 0. The monoisotopic (exact) mass is 321 g/mol. The number of hydrogen-bond acceptors (Lipinski definition) is 5. The van der Waals surface area contributed by atoms with Gasteiger partial charge in [-0.2, -0.15) is 18.2 Å². The van der Waals surface area contributed by atoms with Crippen molar-refractivity contribution in [3.05, 3.63) is 11.7 Å². The molecule has 1 aliphatic rings. The summed E-state index contributed by atoms with van der Waals surface area (Å²) in [5, 5.41) is 12.7. The van der Waals surface area contributed by atoms with E-state index in [4.69, 9.17) is 9.63 Å². The smallest absolute Gasteiger partial charge is 0.393 e. The standard InChI is InChI=1S/C13H18F3N3O3/c1-2-3-4-11-17-10(18-22-11)7-19-5-8(12(20)21)9(6-19)13(14,15)16/h8-9H,2-7H2,1H3,(H,20,21)/t8-,9-/m1/s1. The molecule has 1 fully saturated rings.